The number of hydrogen-bond acceptors (Lipinski definition) is 3. The summed E-state index contributed by atoms with van der Waals surface area (Å²) in [7, 11) is 0. The summed E-state index contributed by atoms with van der Waals surface area (Å²) in [5.41, 5.74) is 1.08. The Hall–Kier alpha value is -2.11. The Kier molecular flexibility index (Phi) is 5.54. The lowest BCUT2D eigenvalue weighted by Gasteiger charge is -2.30. The van der Waals surface area contributed by atoms with Crippen LogP contribution in [0, 0.1) is 0 Å². The molecule has 1 aromatic heterocycles. The molecule has 2 heterocycles. The first-order valence-electron chi connectivity index (χ1n) is 7.34. The lowest BCUT2D eigenvalue weighted by molar-refractivity contribution is -0.136. The molecular formula is C15H21N3O3. The number of carboxylic acid groups (broad SMARTS) is 1. The number of carbonyl (C=O) groups excluding carboxylic acids is 1. The van der Waals surface area contributed by atoms with Crippen molar-refractivity contribution in [2.75, 3.05) is 13.1 Å². The summed E-state index contributed by atoms with van der Waals surface area (Å²) < 4.78 is 0. The summed E-state index contributed by atoms with van der Waals surface area (Å²) in [4.78, 5) is 28.7. The Morgan fingerprint density at radius 2 is 2.05 bits per heavy atom. The van der Waals surface area contributed by atoms with Gasteiger partial charge in [0.2, 0.25) is 0 Å². The first-order valence-corrected chi connectivity index (χ1v) is 7.34. The van der Waals surface area contributed by atoms with Crippen molar-refractivity contribution in [3.63, 3.8) is 0 Å². The van der Waals surface area contributed by atoms with E-state index in [4.69, 9.17) is 5.11 Å². The molecule has 1 saturated heterocycles. The summed E-state index contributed by atoms with van der Waals surface area (Å²) in [6.07, 6.45) is 7.53. The number of hydrogen-bond donors (Lipinski definition) is 2. The number of aliphatic carboxylic acids is 1. The van der Waals surface area contributed by atoms with Crippen LogP contribution in [-0.4, -0.2) is 40.1 Å². The minimum absolute atomic E-state index is 0.0420. The molecule has 1 fully saturated rings. The van der Waals surface area contributed by atoms with Crippen LogP contribution in [0.4, 0.5) is 4.79 Å². The summed E-state index contributed by atoms with van der Waals surface area (Å²) in [5, 5.41) is 11.3. The van der Waals surface area contributed by atoms with Crippen LogP contribution in [-0.2, 0) is 4.79 Å². The lowest BCUT2D eigenvalue weighted by atomic mass is 10.0. The molecule has 0 aromatic carbocycles. The Balaban J connectivity index is 2.05. The third kappa shape index (κ3) is 4.44. The lowest BCUT2D eigenvalue weighted by Crippen LogP contribution is -2.42. The molecule has 0 radical (unpaired) electrons. The van der Waals surface area contributed by atoms with Crippen molar-refractivity contribution in [2.24, 2.45) is 0 Å². The molecule has 1 unspecified atom stereocenters. The van der Waals surface area contributed by atoms with Gasteiger partial charge in [0, 0.05) is 25.5 Å². The maximum absolute atomic E-state index is 12.3. The highest BCUT2D eigenvalue weighted by molar-refractivity contribution is 5.75. The molecule has 0 spiro atoms. The predicted octanol–water partition coefficient (Wildman–Crippen LogP) is 2.18. The number of pyridine rings is 1. The topological polar surface area (TPSA) is 82.5 Å². The number of carbonyl (C=O) groups is 2. The van der Waals surface area contributed by atoms with Crippen LogP contribution >= 0.6 is 0 Å². The van der Waals surface area contributed by atoms with Gasteiger partial charge in [0.1, 0.15) is 0 Å². The van der Waals surface area contributed by atoms with Crippen LogP contribution in [0.1, 0.15) is 43.7 Å². The third-order valence-electron chi connectivity index (χ3n) is 3.72. The number of nitrogens with zero attached hydrogens (tertiary/aromatic N) is 2. The fourth-order valence-electron chi connectivity index (χ4n) is 2.66. The number of nitrogens with one attached hydrogen (secondary N) is 1. The monoisotopic (exact) mass is 291 g/mol. The molecule has 6 nitrogen and oxygen atoms in total. The van der Waals surface area contributed by atoms with Crippen LogP contribution in [0.2, 0.25) is 0 Å². The molecule has 1 aromatic rings. The van der Waals surface area contributed by atoms with Gasteiger partial charge in [-0.2, -0.15) is 0 Å². The van der Waals surface area contributed by atoms with Crippen LogP contribution in [0.5, 0.6) is 0 Å². The Morgan fingerprint density at radius 3 is 2.76 bits per heavy atom. The Labute approximate surface area is 124 Å². The highest BCUT2D eigenvalue weighted by Gasteiger charge is 2.26. The summed E-state index contributed by atoms with van der Waals surface area (Å²) in [5.74, 6) is -0.906. The average molecular weight is 291 g/mol. The zero-order valence-corrected chi connectivity index (χ0v) is 12.0. The molecule has 2 rings (SSSR count). The van der Waals surface area contributed by atoms with E-state index in [1.165, 1.54) is 0 Å². The van der Waals surface area contributed by atoms with Crippen molar-refractivity contribution < 1.29 is 14.7 Å². The molecule has 2 N–H and O–H groups in total. The standard InChI is InChI=1S/C15H21N3O3/c19-14(20)7-10-17-15(21)18-11-3-1-2-4-13(18)12-5-8-16-9-6-12/h5-6,8-9,13H,1-4,7,10-11H2,(H,17,21)(H,19,20). The van der Waals surface area contributed by atoms with Gasteiger partial charge in [-0.15, -0.1) is 0 Å². The number of likely N-dealkylation sites (tertiary alicyclic amines) is 1. The molecule has 114 valence electrons. The number of carboxylic acids is 1. The number of urea groups is 1. The quantitative estimate of drug-likeness (QED) is 0.890. The highest BCUT2D eigenvalue weighted by Crippen LogP contribution is 2.29. The van der Waals surface area contributed by atoms with E-state index in [-0.39, 0.29) is 25.0 Å². The first kappa shape index (κ1) is 15.3. The Morgan fingerprint density at radius 1 is 1.29 bits per heavy atom. The van der Waals surface area contributed by atoms with E-state index in [0.29, 0.717) is 6.54 Å². The largest absolute Gasteiger partial charge is 0.481 e. The van der Waals surface area contributed by atoms with Crippen LogP contribution < -0.4 is 5.32 Å². The number of rotatable bonds is 4. The highest BCUT2D eigenvalue weighted by atomic mass is 16.4. The third-order valence-corrected chi connectivity index (χ3v) is 3.72. The van der Waals surface area contributed by atoms with Gasteiger partial charge in [-0.25, -0.2) is 4.79 Å². The first-order chi connectivity index (χ1) is 10.2. The fraction of sp³-hybridized carbons (Fsp3) is 0.533. The van der Waals surface area contributed by atoms with Crippen LogP contribution in [0.25, 0.3) is 0 Å². The molecule has 1 aliphatic heterocycles. The van der Waals surface area contributed by atoms with Crippen LogP contribution in [0.15, 0.2) is 24.5 Å². The fourth-order valence-corrected chi connectivity index (χ4v) is 2.66. The van der Waals surface area contributed by atoms with E-state index >= 15 is 0 Å². The van der Waals surface area contributed by atoms with Crippen molar-refractivity contribution in [2.45, 2.75) is 38.1 Å². The van der Waals surface area contributed by atoms with E-state index in [0.717, 1.165) is 31.2 Å². The van der Waals surface area contributed by atoms with E-state index in [2.05, 4.69) is 10.3 Å². The van der Waals surface area contributed by atoms with Gasteiger partial charge < -0.3 is 15.3 Å². The van der Waals surface area contributed by atoms with Gasteiger partial charge in [0.25, 0.3) is 0 Å². The van der Waals surface area contributed by atoms with E-state index in [1.54, 1.807) is 12.4 Å². The molecule has 1 atom stereocenters. The van der Waals surface area contributed by atoms with Gasteiger partial charge in [-0.3, -0.25) is 9.78 Å². The van der Waals surface area contributed by atoms with Gasteiger partial charge in [-0.05, 0) is 30.5 Å². The molecule has 0 saturated carbocycles. The van der Waals surface area contributed by atoms with Gasteiger partial charge in [-0.1, -0.05) is 12.8 Å². The zero-order valence-electron chi connectivity index (χ0n) is 12.0. The van der Waals surface area contributed by atoms with E-state index < -0.39 is 5.97 Å². The minimum atomic E-state index is -0.906. The molecule has 0 aliphatic carbocycles. The van der Waals surface area contributed by atoms with Crippen LogP contribution in [0.3, 0.4) is 0 Å². The smallest absolute Gasteiger partial charge is 0.317 e. The minimum Gasteiger partial charge on any atom is -0.481 e. The second kappa shape index (κ2) is 7.61. The molecular weight excluding hydrogens is 270 g/mol. The predicted molar refractivity (Wildman–Crippen MR) is 77.8 cm³/mol. The Bertz CT molecular complexity index is 478. The van der Waals surface area contributed by atoms with E-state index in [1.807, 2.05) is 17.0 Å². The second-order valence-corrected chi connectivity index (χ2v) is 5.21. The summed E-state index contributed by atoms with van der Waals surface area (Å²) in [6.45, 7) is 0.861. The molecule has 1 aliphatic rings. The van der Waals surface area contributed by atoms with Gasteiger partial charge >= 0.3 is 12.0 Å². The van der Waals surface area contributed by atoms with Crippen molar-refractivity contribution in [1.29, 1.82) is 0 Å². The van der Waals surface area contributed by atoms with Crippen molar-refractivity contribution in [3.8, 4) is 0 Å². The number of aromatic nitrogens is 1. The maximum Gasteiger partial charge on any atom is 0.317 e. The van der Waals surface area contributed by atoms with Gasteiger partial charge in [0.15, 0.2) is 0 Å². The van der Waals surface area contributed by atoms with Crippen molar-refractivity contribution in [3.05, 3.63) is 30.1 Å². The summed E-state index contributed by atoms with van der Waals surface area (Å²) in [6, 6.07) is 3.74. The molecule has 6 heteroatoms. The summed E-state index contributed by atoms with van der Waals surface area (Å²) >= 11 is 0. The SMILES string of the molecule is O=C(O)CCNC(=O)N1CCCCCC1c1ccncc1. The zero-order chi connectivity index (χ0) is 15.1. The second-order valence-electron chi connectivity index (χ2n) is 5.21. The van der Waals surface area contributed by atoms with Gasteiger partial charge in [0.05, 0.1) is 12.5 Å². The molecule has 2 amide bonds. The van der Waals surface area contributed by atoms with Crippen molar-refractivity contribution in [1.82, 2.24) is 15.2 Å². The normalized spacial score (nSPS) is 18.9. The number of amides is 2. The van der Waals surface area contributed by atoms with E-state index in [9.17, 15) is 9.59 Å². The van der Waals surface area contributed by atoms with Crippen molar-refractivity contribution >= 4 is 12.0 Å². The average Bonchev–Trinajstić information content (AvgIpc) is 2.73. The molecule has 21 heavy (non-hydrogen) atoms. The maximum atomic E-state index is 12.3. The molecule has 0 bridgehead atoms.